The van der Waals surface area contributed by atoms with Crippen LogP contribution in [0.2, 0.25) is 0 Å². The third kappa shape index (κ3) is 4.42. The van der Waals surface area contributed by atoms with Gasteiger partial charge in [0, 0.05) is 12.1 Å². The molecule has 1 aromatic rings. The van der Waals surface area contributed by atoms with E-state index in [4.69, 9.17) is 0 Å². The summed E-state index contributed by atoms with van der Waals surface area (Å²) in [6.07, 6.45) is 0. The van der Waals surface area contributed by atoms with Crippen LogP contribution >= 0.6 is 15.9 Å². The van der Waals surface area contributed by atoms with E-state index in [1.807, 2.05) is 0 Å². The van der Waals surface area contributed by atoms with Gasteiger partial charge in [0.25, 0.3) is 0 Å². The molecule has 0 aliphatic rings. The monoisotopic (exact) mass is 437 g/mol. The summed E-state index contributed by atoms with van der Waals surface area (Å²) in [6, 6.07) is 0.261. The number of rotatable bonds is 5. The predicted octanol–water partition coefficient (Wildman–Crippen LogP) is 1.70. The molecule has 0 aromatic heterocycles. The van der Waals surface area contributed by atoms with Gasteiger partial charge in [0.1, 0.15) is 4.83 Å². The molecule has 1 aromatic carbocycles. The first-order valence-corrected chi connectivity index (χ1v) is 8.00. The second-order valence-corrected chi connectivity index (χ2v) is 6.91. The van der Waals surface area contributed by atoms with Gasteiger partial charge in [0.05, 0.1) is 0 Å². The van der Waals surface area contributed by atoms with Crippen LogP contribution in [0.15, 0.2) is 12.1 Å². The normalized spacial score (nSPS) is 13.3. The second-order valence-electron chi connectivity index (χ2n) is 4.11. The second kappa shape index (κ2) is 7.03. The molecular weight excluding hydrogens is 432 g/mol. The predicted molar refractivity (Wildman–Crippen MR) is 70.7 cm³/mol. The van der Waals surface area contributed by atoms with Crippen molar-refractivity contribution in [3.63, 3.8) is 0 Å². The van der Waals surface area contributed by atoms with Crippen LogP contribution in [0.4, 0.5) is 17.6 Å². The first-order chi connectivity index (χ1) is 10.8. The Hall–Kier alpha value is -1.73. The summed E-state index contributed by atoms with van der Waals surface area (Å²) in [5, 5.41) is -5.51. The zero-order valence-electron chi connectivity index (χ0n) is 11.4. The lowest BCUT2D eigenvalue weighted by atomic mass is 10.3. The highest BCUT2D eigenvalue weighted by atomic mass is 79.9. The molecule has 0 spiro atoms. The van der Waals surface area contributed by atoms with Crippen LogP contribution in [-0.4, -0.2) is 35.0 Å². The molecule has 0 saturated carbocycles. The van der Waals surface area contributed by atoms with Crippen molar-refractivity contribution in [3.05, 3.63) is 23.8 Å². The Morgan fingerprint density at radius 2 is 1.58 bits per heavy atom. The van der Waals surface area contributed by atoms with Gasteiger partial charge in [-0.1, -0.05) is 15.9 Å². The third-order valence-electron chi connectivity index (χ3n) is 2.28. The molecule has 0 radical (unpaired) electrons. The average Bonchev–Trinajstić information content (AvgIpc) is 2.42. The minimum atomic E-state index is -6.43. The Kier molecular flexibility index (Phi) is 5.95. The molecule has 0 aliphatic carbocycles. The quantitative estimate of drug-likeness (QED) is 0.226. The maximum absolute atomic E-state index is 13.6. The van der Waals surface area contributed by atoms with Crippen molar-refractivity contribution in [3.8, 4) is 11.5 Å². The summed E-state index contributed by atoms with van der Waals surface area (Å²) in [5.74, 6) is -9.42. The van der Waals surface area contributed by atoms with Crippen molar-refractivity contribution < 1.29 is 49.6 Å². The summed E-state index contributed by atoms with van der Waals surface area (Å²) < 4.78 is 91.9. The largest absolute Gasteiger partial charge is 0.743 e. The van der Waals surface area contributed by atoms with Gasteiger partial charge in [-0.3, -0.25) is 4.79 Å². The van der Waals surface area contributed by atoms with Crippen molar-refractivity contribution in [2.75, 3.05) is 0 Å². The molecule has 24 heavy (non-hydrogen) atoms. The van der Waals surface area contributed by atoms with Crippen LogP contribution in [-0.2, 0) is 19.7 Å². The van der Waals surface area contributed by atoms with E-state index in [1.54, 1.807) is 0 Å². The van der Waals surface area contributed by atoms with Gasteiger partial charge < -0.3 is 14.0 Å². The third-order valence-corrected chi connectivity index (χ3v) is 3.44. The van der Waals surface area contributed by atoms with E-state index in [9.17, 15) is 40.1 Å². The van der Waals surface area contributed by atoms with Gasteiger partial charge in [-0.2, -0.15) is 8.78 Å². The number of hydrogen-bond donors (Lipinski definition) is 0. The van der Waals surface area contributed by atoms with Crippen LogP contribution in [0, 0.1) is 11.6 Å². The highest BCUT2D eigenvalue weighted by molar-refractivity contribution is 9.10. The molecular formula is C11H6BrF4O7S-. The van der Waals surface area contributed by atoms with Gasteiger partial charge in [-0.15, -0.1) is 0 Å². The number of carbonyl (C=O) groups excluding carboxylic acids is 2. The fraction of sp³-hybridized carbons (Fsp3) is 0.273. The summed E-state index contributed by atoms with van der Waals surface area (Å²) in [4.78, 5) is 21.3. The number of alkyl halides is 3. The van der Waals surface area contributed by atoms with Crippen molar-refractivity contribution in [2.45, 2.75) is 17.0 Å². The number of carbonyl (C=O) groups is 2. The lowest BCUT2D eigenvalue weighted by Gasteiger charge is -2.18. The fourth-order valence-corrected chi connectivity index (χ4v) is 1.46. The molecule has 13 heteroatoms. The minimum Gasteiger partial charge on any atom is -0.743 e. The molecule has 0 amide bonds. The Labute approximate surface area is 140 Å². The summed E-state index contributed by atoms with van der Waals surface area (Å²) in [6.45, 7) is 1.32. The lowest BCUT2D eigenvalue weighted by Crippen LogP contribution is -2.40. The number of ether oxygens (including phenoxy) is 2. The van der Waals surface area contributed by atoms with E-state index in [2.05, 4.69) is 25.4 Å². The smallest absolute Gasteiger partial charge is 0.429 e. The molecule has 0 bridgehead atoms. The van der Waals surface area contributed by atoms with E-state index in [-0.39, 0.29) is 12.1 Å². The summed E-state index contributed by atoms with van der Waals surface area (Å²) in [7, 11) is -6.43. The molecule has 0 N–H and O–H groups in total. The minimum absolute atomic E-state index is 0.0578. The number of esters is 2. The maximum Gasteiger partial charge on any atom is 0.429 e. The first-order valence-electron chi connectivity index (χ1n) is 5.67. The average molecular weight is 438 g/mol. The van der Waals surface area contributed by atoms with E-state index < -0.39 is 55.3 Å². The van der Waals surface area contributed by atoms with E-state index >= 15 is 0 Å². The molecule has 1 unspecified atom stereocenters. The van der Waals surface area contributed by atoms with Crippen molar-refractivity contribution >= 4 is 38.0 Å². The number of benzene rings is 1. The molecule has 134 valence electrons. The molecule has 1 rings (SSSR count). The SMILES string of the molecule is CC(Br)C(=O)Oc1cc(F)c(OC(=O)C(F)(F)S(=O)(=O)[O-])cc1F. The highest BCUT2D eigenvalue weighted by Crippen LogP contribution is 2.30. The van der Waals surface area contributed by atoms with Gasteiger partial charge in [0.15, 0.2) is 33.3 Å². The topological polar surface area (TPSA) is 110 Å². The van der Waals surface area contributed by atoms with Gasteiger partial charge in [-0.25, -0.2) is 22.0 Å². The molecule has 0 aliphatic heterocycles. The zero-order valence-corrected chi connectivity index (χ0v) is 13.8. The Bertz CT molecular complexity index is 779. The standard InChI is InChI=1S/C11H7BrF4O7S/c1-4(12)9(17)22-7-2-6(14)8(3-5(7)13)23-10(18)11(15,16)24(19,20)21/h2-4H,1H3,(H,19,20,21)/p-1. The van der Waals surface area contributed by atoms with Crippen LogP contribution in [0.3, 0.4) is 0 Å². The molecule has 7 nitrogen and oxygen atoms in total. The summed E-state index contributed by atoms with van der Waals surface area (Å²) in [5.41, 5.74) is 0. The van der Waals surface area contributed by atoms with Gasteiger partial charge in [-0.05, 0) is 6.92 Å². The van der Waals surface area contributed by atoms with Crippen LogP contribution < -0.4 is 9.47 Å². The van der Waals surface area contributed by atoms with Crippen molar-refractivity contribution in [1.82, 2.24) is 0 Å². The number of halogens is 5. The zero-order chi connectivity index (χ0) is 18.9. The summed E-state index contributed by atoms with van der Waals surface area (Å²) >= 11 is 2.80. The number of hydrogen-bond acceptors (Lipinski definition) is 7. The first kappa shape index (κ1) is 20.3. The molecule has 1 atom stereocenters. The van der Waals surface area contributed by atoms with Crippen LogP contribution in [0.5, 0.6) is 11.5 Å². The lowest BCUT2D eigenvalue weighted by molar-refractivity contribution is -0.151. The maximum atomic E-state index is 13.6. The fourth-order valence-electron chi connectivity index (χ4n) is 1.12. The molecule has 0 fully saturated rings. The van der Waals surface area contributed by atoms with Gasteiger partial charge in [0.2, 0.25) is 0 Å². The Balaban J connectivity index is 3.10. The molecule has 0 heterocycles. The van der Waals surface area contributed by atoms with E-state index in [0.29, 0.717) is 0 Å². The molecule has 0 saturated heterocycles. The van der Waals surface area contributed by atoms with Crippen LogP contribution in [0.1, 0.15) is 6.92 Å². The highest BCUT2D eigenvalue weighted by Gasteiger charge is 2.49. The van der Waals surface area contributed by atoms with Crippen molar-refractivity contribution in [2.24, 2.45) is 0 Å². The van der Waals surface area contributed by atoms with E-state index in [0.717, 1.165) is 0 Å². The van der Waals surface area contributed by atoms with Crippen LogP contribution in [0.25, 0.3) is 0 Å². The Morgan fingerprint density at radius 3 is 1.96 bits per heavy atom. The van der Waals surface area contributed by atoms with Gasteiger partial charge >= 0.3 is 17.2 Å². The van der Waals surface area contributed by atoms with E-state index in [1.165, 1.54) is 6.92 Å². The van der Waals surface area contributed by atoms with Crippen molar-refractivity contribution in [1.29, 1.82) is 0 Å². The Morgan fingerprint density at radius 1 is 1.17 bits per heavy atom.